The Morgan fingerprint density at radius 2 is 1.82 bits per heavy atom. The maximum Gasteiger partial charge on any atom is 0.0540 e. The molecule has 3 N–H and O–H groups in total. The van der Waals surface area contributed by atoms with Gasteiger partial charge in [-0.3, -0.25) is 0 Å². The first kappa shape index (κ1) is 13.7. The number of hydrogen-bond acceptors (Lipinski definition) is 3. The summed E-state index contributed by atoms with van der Waals surface area (Å²) in [5, 5.41) is 9.75. The molecule has 0 aromatic carbocycles. The van der Waals surface area contributed by atoms with E-state index in [4.69, 9.17) is 5.73 Å². The minimum Gasteiger partial charge on any atom is -0.393 e. The van der Waals surface area contributed by atoms with Gasteiger partial charge < -0.3 is 10.8 Å². The van der Waals surface area contributed by atoms with Crippen LogP contribution >= 0.6 is 11.8 Å². The fourth-order valence-corrected chi connectivity index (χ4v) is 5.01. The second kappa shape index (κ2) is 5.94. The molecule has 2 fully saturated rings. The average molecular weight is 257 g/mol. The Kier molecular flexibility index (Phi) is 4.79. The van der Waals surface area contributed by atoms with Gasteiger partial charge in [0.1, 0.15) is 0 Å². The molecule has 17 heavy (non-hydrogen) atoms. The van der Waals surface area contributed by atoms with E-state index in [1.165, 1.54) is 24.3 Å². The Balaban J connectivity index is 2.11. The number of thioether (sulfide) groups is 1. The lowest BCUT2D eigenvalue weighted by Crippen LogP contribution is -2.50. The van der Waals surface area contributed by atoms with Crippen LogP contribution in [0.15, 0.2) is 0 Å². The molecular weight excluding hydrogens is 230 g/mol. The quantitative estimate of drug-likeness (QED) is 0.817. The summed E-state index contributed by atoms with van der Waals surface area (Å²) in [5.74, 6) is 3.43. The van der Waals surface area contributed by atoms with Gasteiger partial charge in [0.05, 0.1) is 6.10 Å². The van der Waals surface area contributed by atoms with Crippen molar-refractivity contribution in [1.82, 2.24) is 0 Å². The van der Waals surface area contributed by atoms with E-state index in [2.05, 4.69) is 18.7 Å². The van der Waals surface area contributed by atoms with E-state index in [0.29, 0.717) is 11.5 Å². The van der Waals surface area contributed by atoms with Crippen molar-refractivity contribution in [3.63, 3.8) is 0 Å². The second-order valence-corrected chi connectivity index (χ2v) is 7.09. The van der Waals surface area contributed by atoms with Crippen LogP contribution in [0.3, 0.4) is 0 Å². The van der Waals surface area contributed by atoms with Gasteiger partial charge in [-0.1, -0.05) is 6.92 Å². The van der Waals surface area contributed by atoms with Crippen LogP contribution in [0.1, 0.15) is 51.9 Å². The molecule has 1 aliphatic heterocycles. The highest BCUT2D eigenvalue weighted by molar-refractivity contribution is 7.99. The first-order valence-electron chi connectivity index (χ1n) is 7.20. The predicted molar refractivity (Wildman–Crippen MR) is 75.2 cm³/mol. The molecule has 1 saturated heterocycles. The number of aliphatic hydroxyl groups is 1. The molecule has 0 spiro atoms. The molecule has 1 heterocycles. The Bertz CT molecular complexity index is 232. The summed E-state index contributed by atoms with van der Waals surface area (Å²) in [6.45, 7) is 2.22. The summed E-state index contributed by atoms with van der Waals surface area (Å²) in [5.41, 5.74) is 6.81. The molecule has 1 atom stereocenters. The Morgan fingerprint density at radius 1 is 1.24 bits per heavy atom. The van der Waals surface area contributed by atoms with Crippen LogP contribution in [-0.4, -0.2) is 28.8 Å². The maximum atomic E-state index is 9.75. The molecule has 0 amide bonds. The van der Waals surface area contributed by atoms with E-state index < -0.39 is 0 Å². The first-order chi connectivity index (χ1) is 8.19. The van der Waals surface area contributed by atoms with Gasteiger partial charge in [0, 0.05) is 6.04 Å². The minimum atomic E-state index is -0.0647. The van der Waals surface area contributed by atoms with Crippen molar-refractivity contribution in [2.24, 2.45) is 17.1 Å². The van der Waals surface area contributed by atoms with Crippen LogP contribution in [0.5, 0.6) is 0 Å². The summed E-state index contributed by atoms with van der Waals surface area (Å²) in [7, 11) is 0. The Hall–Kier alpha value is 0.270. The Labute approximate surface area is 110 Å². The zero-order valence-electron chi connectivity index (χ0n) is 11.0. The topological polar surface area (TPSA) is 46.2 Å². The van der Waals surface area contributed by atoms with E-state index in [9.17, 15) is 5.11 Å². The molecule has 0 aromatic rings. The van der Waals surface area contributed by atoms with Crippen molar-refractivity contribution in [3.8, 4) is 0 Å². The summed E-state index contributed by atoms with van der Waals surface area (Å²) in [6, 6.07) is 0.336. The van der Waals surface area contributed by atoms with Crippen LogP contribution in [0, 0.1) is 11.3 Å². The number of rotatable bonds is 3. The third kappa shape index (κ3) is 2.82. The molecule has 2 nitrogen and oxygen atoms in total. The summed E-state index contributed by atoms with van der Waals surface area (Å²) in [4.78, 5) is 0. The van der Waals surface area contributed by atoms with E-state index in [-0.39, 0.29) is 6.10 Å². The van der Waals surface area contributed by atoms with Crippen molar-refractivity contribution in [3.05, 3.63) is 0 Å². The summed E-state index contributed by atoms with van der Waals surface area (Å²) >= 11 is 2.09. The smallest absolute Gasteiger partial charge is 0.0540 e. The monoisotopic (exact) mass is 257 g/mol. The SMILES string of the molecule is CC[C@@H](N)[C@]1(C2CCSCC2)CC[C@@H](O)CC1. The minimum absolute atomic E-state index is 0.0647. The van der Waals surface area contributed by atoms with Crippen LogP contribution in [0.4, 0.5) is 0 Å². The number of hydrogen-bond donors (Lipinski definition) is 2. The van der Waals surface area contributed by atoms with E-state index in [1.807, 2.05) is 0 Å². The van der Waals surface area contributed by atoms with Crippen LogP contribution < -0.4 is 5.73 Å². The van der Waals surface area contributed by atoms with Crippen molar-refractivity contribution in [1.29, 1.82) is 0 Å². The van der Waals surface area contributed by atoms with Gasteiger partial charge >= 0.3 is 0 Å². The highest BCUT2D eigenvalue weighted by Crippen LogP contribution is 2.50. The van der Waals surface area contributed by atoms with Crippen molar-refractivity contribution in [2.45, 2.75) is 64.0 Å². The molecule has 0 aromatic heterocycles. The molecule has 3 heteroatoms. The van der Waals surface area contributed by atoms with Gasteiger partial charge in [-0.15, -0.1) is 0 Å². The molecular formula is C14H27NOS. The zero-order valence-corrected chi connectivity index (χ0v) is 11.8. The van der Waals surface area contributed by atoms with Crippen LogP contribution in [-0.2, 0) is 0 Å². The number of nitrogens with two attached hydrogens (primary N) is 1. The molecule has 2 rings (SSSR count). The van der Waals surface area contributed by atoms with Gasteiger partial charge in [0.25, 0.3) is 0 Å². The van der Waals surface area contributed by atoms with E-state index in [1.54, 1.807) is 0 Å². The van der Waals surface area contributed by atoms with Crippen molar-refractivity contribution < 1.29 is 5.11 Å². The standard InChI is InChI=1S/C14H27NOS/c1-2-13(15)14(7-3-12(16)4-8-14)11-5-9-17-10-6-11/h11-13,16H,2-10,15H2,1H3/t12-,13-,14-/m1/s1. The average Bonchev–Trinajstić information content (AvgIpc) is 2.40. The van der Waals surface area contributed by atoms with Crippen LogP contribution in [0.25, 0.3) is 0 Å². The van der Waals surface area contributed by atoms with E-state index in [0.717, 1.165) is 38.0 Å². The normalized spacial score (nSPS) is 37.9. The highest BCUT2D eigenvalue weighted by Gasteiger charge is 2.45. The fourth-order valence-electron chi connectivity index (χ4n) is 3.90. The molecule has 1 saturated carbocycles. The second-order valence-electron chi connectivity index (χ2n) is 5.87. The molecule has 1 aliphatic carbocycles. The molecule has 100 valence electrons. The third-order valence-corrected chi connectivity index (χ3v) is 6.15. The summed E-state index contributed by atoms with van der Waals surface area (Å²) < 4.78 is 0. The van der Waals surface area contributed by atoms with Gasteiger partial charge in [-0.25, -0.2) is 0 Å². The Morgan fingerprint density at radius 3 is 2.35 bits per heavy atom. The predicted octanol–water partition coefficient (Wildman–Crippen LogP) is 2.79. The molecule has 0 bridgehead atoms. The third-order valence-electron chi connectivity index (χ3n) is 5.10. The van der Waals surface area contributed by atoms with Gasteiger partial charge in [-0.2, -0.15) is 11.8 Å². The van der Waals surface area contributed by atoms with Crippen LogP contribution in [0.2, 0.25) is 0 Å². The van der Waals surface area contributed by atoms with Gasteiger partial charge in [0.2, 0.25) is 0 Å². The molecule has 2 aliphatic rings. The largest absolute Gasteiger partial charge is 0.393 e. The van der Waals surface area contributed by atoms with Gasteiger partial charge in [0.15, 0.2) is 0 Å². The fraction of sp³-hybridized carbons (Fsp3) is 1.00. The summed E-state index contributed by atoms with van der Waals surface area (Å²) in [6.07, 6.45) is 7.94. The molecule has 0 radical (unpaired) electrons. The van der Waals surface area contributed by atoms with Crippen molar-refractivity contribution >= 4 is 11.8 Å². The van der Waals surface area contributed by atoms with Gasteiger partial charge in [-0.05, 0) is 67.8 Å². The lowest BCUT2D eigenvalue weighted by Gasteiger charge is -2.50. The number of aliphatic hydroxyl groups excluding tert-OH is 1. The lowest BCUT2D eigenvalue weighted by atomic mass is 9.59. The maximum absolute atomic E-state index is 9.75. The zero-order chi connectivity index (χ0) is 12.3. The van der Waals surface area contributed by atoms with E-state index >= 15 is 0 Å². The first-order valence-corrected chi connectivity index (χ1v) is 8.36. The van der Waals surface area contributed by atoms with Crippen molar-refractivity contribution in [2.75, 3.05) is 11.5 Å². The lowest BCUT2D eigenvalue weighted by molar-refractivity contribution is 0.00153. The molecule has 0 unspecified atom stereocenters. The highest BCUT2D eigenvalue weighted by atomic mass is 32.2.